The van der Waals surface area contributed by atoms with Gasteiger partial charge < -0.3 is 9.64 Å². The van der Waals surface area contributed by atoms with Crippen LogP contribution in [0.15, 0.2) is 47.9 Å². The summed E-state index contributed by atoms with van der Waals surface area (Å²) < 4.78 is 7.20. The van der Waals surface area contributed by atoms with Crippen molar-refractivity contribution in [3.63, 3.8) is 0 Å². The molecular formula is C17H22N4O2S. The second-order valence-corrected chi connectivity index (χ2v) is 6.25. The Morgan fingerprint density at radius 2 is 2.17 bits per heavy atom. The van der Waals surface area contributed by atoms with E-state index < -0.39 is 0 Å². The molecule has 0 fully saturated rings. The molecule has 0 saturated carbocycles. The first-order valence-electron chi connectivity index (χ1n) is 7.65. The van der Waals surface area contributed by atoms with Gasteiger partial charge in [0.05, 0.1) is 18.6 Å². The van der Waals surface area contributed by atoms with Crippen LogP contribution >= 0.6 is 11.8 Å². The Hall–Kier alpha value is -2.28. The van der Waals surface area contributed by atoms with Gasteiger partial charge in [-0.2, -0.15) is 0 Å². The largest absolute Gasteiger partial charge is 0.495 e. The Kier molecular flexibility index (Phi) is 6.43. The van der Waals surface area contributed by atoms with E-state index >= 15 is 0 Å². The van der Waals surface area contributed by atoms with Crippen molar-refractivity contribution in [1.82, 2.24) is 19.7 Å². The molecule has 0 saturated heterocycles. The Bertz CT molecular complexity index is 714. The number of hydrogen-bond donors (Lipinski definition) is 0. The number of ether oxygens (including phenoxy) is 1. The zero-order valence-corrected chi connectivity index (χ0v) is 15.0. The predicted octanol–water partition coefficient (Wildman–Crippen LogP) is 2.79. The summed E-state index contributed by atoms with van der Waals surface area (Å²) in [5, 5.41) is 8.73. The molecule has 1 amide bonds. The third-order valence-electron chi connectivity index (χ3n) is 3.38. The molecule has 7 heteroatoms. The fourth-order valence-corrected chi connectivity index (χ4v) is 3.06. The van der Waals surface area contributed by atoms with Gasteiger partial charge in [0.2, 0.25) is 5.91 Å². The fraction of sp³-hybridized carbons (Fsp3) is 0.353. The van der Waals surface area contributed by atoms with E-state index in [4.69, 9.17) is 4.74 Å². The molecule has 1 heterocycles. The van der Waals surface area contributed by atoms with Crippen LogP contribution in [0.4, 0.5) is 0 Å². The number of aromatic nitrogens is 3. The van der Waals surface area contributed by atoms with Crippen molar-refractivity contribution in [3.8, 4) is 11.4 Å². The molecule has 0 aliphatic carbocycles. The van der Waals surface area contributed by atoms with E-state index in [1.165, 1.54) is 11.8 Å². The van der Waals surface area contributed by atoms with Gasteiger partial charge in [0.1, 0.15) is 12.1 Å². The minimum Gasteiger partial charge on any atom is -0.495 e. The second kappa shape index (κ2) is 8.54. The number of likely N-dealkylation sites (N-methyl/N-ethyl adjacent to an activating group) is 1. The number of carbonyl (C=O) groups excluding carboxylic acids is 1. The highest BCUT2D eigenvalue weighted by Crippen LogP contribution is 2.26. The van der Waals surface area contributed by atoms with Crippen LogP contribution < -0.4 is 4.74 Å². The van der Waals surface area contributed by atoms with Crippen LogP contribution in [0.3, 0.4) is 0 Å². The fourth-order valence-electron chi connectivity index (χ4n) is 2.24. The molecule has 128 valence electrons. The number of carbonyl (C=O) groups is 1. The van der Waals surface area contributed by atoms with Crippen LogP contribution in [0.5, 0.6) is 5.75 Å². The molecule has 1 aromatic carbocycles. The molecule has 0 radical (unpaired) electrons. The van der Waals surface area contributed by atoms with Crippen LogP contribution in [0.2, 0.25) is 0 Å². The van der Waals surface area contributed by atoms with E-state index in [2.05, 4.69) is 16.8 Å². The van der Waals surface area contributed by atoms with Gasteiger partial charge in [-0.05, 0) is 26.0 Å². The number of thioether (sulfide) groups is 1. The van der Waals surface area contributed by atoms with Crippen LogP contribution in [-0.4, -0.2) is 51.5 Å². The van der Waals surface area contributed by atoms with Gasteiger partial charge in [0.25, 0.3) is 0 Å². The van der Waals surface area contributed by atoms with Gasteiger partial charge in [-0.15, -0.1) is 10.2 Å². The second-order valence-electron chi connectivity index (χ2n) is 5.31. The summed E-state index contributed by atoms with van der Waals surface area (Å²) in [4.78, 5) is 14.1. The lowest BCUT2D eigenvalue weighted by Gasteiger charge is -2.20. The van der Waals surface area contributed by atoms with Crippen molar-refractivity contribution in [2.75, 3.05) is 26.0 Å². The van der Waals surface area contributed by atoms with Gasteiger partial charge in [0.15, 0.2) is 5.16 Å². The summed E-state index contributed by atoms with van der Waals surface area (Å²) in [6, 6.07) is 7.62. The molecule has 0 N–H and O–H groups in total. The zero-order chi connectivity index (χ0) is 17.5. The molecule has 0 aliphatic heterocycles. The first-order valence-corrected chi connectivity index (χ1v) is 8.63. The smallest absolute Gasteiger partial charge is 0.233 e. The molecule has 0 bridgehead atoms. The van der Waals surface area contributed by atoms with Gasteiger partial charge in [-0.1, -0.05) is 36.0 Å². The summed E-state index contributed by atoms with van der Waals surface area (Å²) in [7, 11) is 1.62. The number of rotatable bonds is 8. The lowest BCUT2D eigenvalue weighted by atomic mass is 10.3. The summed E-state index contributed by atoms with van der Waals surface area (Å²) in [5.41, 5.74) is 1.81. The molecule has 2 aromatic rings. The summed E-state index contributed by atoms with van der Waals surface area (Å²) in [6.07, 6.45) is 1.62. The van der Waals surface area contributed by atoms with E-state index in [0.717, 1.165) is 17.0 Å². The Morgan fingerprint density at radius 3 is 2.83 bits per heavy atom. The van der Waals surface area contributed by atoms with Gasteiger partial charge >= 0.3 is 0 Å². The minimum atomic E-state index is 0.0556. The summed E-state index contributed by atoms with van der Waals surface area (Å²) >= 11 is 1.36. The third kappa shape index (κ3) is 4.38. The van der Waals surface area contributed by atoms with Crippen LogP contribution in [0.25, 0.3) is 5.69 Å². The predicted molar refractivity (Wildman–Crippen MR) is 95.7 cm³/mol. The monoisotopic (exact) mass is 346 g/mol. The highest BCUT2D eigenvalue weighted by Gasteiger charge is 2.16. The van der Waals surface area contributed by atoms with Crippen molar-refractivity contribution in [2.45, 2.75) is 19.0 Å². The van der Waals surface area contributed by atoms with E-state index in [1.54, 1.807) is 18.3 Å². The highest BCUT2D eigenvalue weighted by atomic mass is 32.2. The molecule has 6 nitrogen and oxygen atoms in total. The van der Waals surface area contributed by atoms with E-state index in [-0.39, 0.29) is 5.91 Å². The molecule has 2 rings (SSSR count). The Morgan fingerprint density at radius 1 is 1.42 bits per heavy atom. The molecule has 0 atom stereocenters. The topological polar surface area (TPSA) is 60.2 Å². The van der Waals surface area contributed by atoms with Gasteiger partial charge in [-0.3, -0.25) is 9.36 Å². The van der Waals surface area contributed by atoms with Crippen molar-refractivity contribution in [2.24, 2.45) is 0 Å². The first kappa shape index (κ1) is 18.1. The van der Waals surface area contributed by atoms with Crippen molar-refractivity contribution < 1.29 is 9.53 Å². The van der Waals surface area contributed by atoms with Crippen molar-refractivity contribution >= 4 is 17.7 Å². The summed E-state index contributed by atoms with van der Waals surface area (Å²) in [5.74, 6) is 1.08. The molecule has 24 heavy (non-hydrogen) atoms. The van der Waals surface area contributed by atoms with E-state index in [0.29, 0.717) is 24.0 Å². The third-order valence-corrected chi connectivity index (χ3v) is 4.31. The van der Waals surface area contributed by atoms with Crippen LogP contribution in [-0.2, 0) is 4.79 Å². The lowest BCUT2D eigenvalue weighted by molar-refractivity contribution is -0.127. The molecular weight excluding hydrogens is 324 g/mol. The standard InChI is InChI=1S/C17H22N4O2S/c1-5-20(10-13(2)3)16(22)11-24-17-19-18-12-21(17)14-8-6-7-9-15(14)23-4/h6-9,12H,2,5,10-11H2,1,3-4H3. The van der Waals surface area contributed by atoms with Crippen LogP contribution in [0, 0.1) is 0 Å². The number of methoxy groups -OCH3 is 1. The Balaban J connectivity index is 2.11. The maximum Gasteiger partial charge on any atom is 0.233 e. The average molecular weight is 346 g/mol. The first-order chi connectivity index (χ1) is 11.6. The van der Waals surface area contributed by atoms with Crippen molar-refractivity contribution in [1.29, 1.82) is 0 Å². The van der Waals surface area contributed by atoms with Crippen molar-refractivity contribution in [3.05, 3.63) is 42.7 Å². The number of hydrogen-bond acceptors (Lipinski definition) is 5. The maximum atomic E-state index is 12.4. The number of para-hydroxylation sites is 2. The Labute approximate surface area is 146 Å². The SMILES string of the molecule is C=C(C)CN(CC)C(=O)CSc1nncn1-c1ccccc1OC. The normalized spacial score (nSPS) is 10.5. The molecule has 0 unspecified atom stereocenters. The zero-order valence-electron chi connectivity index (χ0n) is 14.2. The molecule has 0 aliphatic rings. The molecule has 0 spiro atoms. The lowest BCUT2D eigenvalue weighted by Crippen LogP contribution is -2.33. The highest BCUT2D eigenvalue weighted by molar-refractivity contribution is 7.99. The number of nitrogens with zero attached hydrogens (tertiary/aromatic N) is 4. The average Bonchev–Trinajstić information content (AvgIpc) is 3.05. The van der Waals surface area contributed by atoms with Gasteiger partial charge in [0, 0.05) is 13.1 Å². The molecule has 1 aromatic heterocycles. The summed E-state index contributed by atoms with van der Waals surface area (Å²) in [6.45, 7) is 8.98. The maximum absolute atomic E-state index is 12.4. The quantitative estimate of drug-likeness (QED) is 0.543. The van der Waals surface area contributed by atoms with E-state index in [9.17, 15) is 4.79 Å². The van der Waals surface area contributed by atoms with Gasteiger partial charge in [-0.25, -0.2) is 0 Å². The number of amides is 1. The minimum absolute atomic E-state index is 0.0556. The number of benzene rings is 1. The van der Waals surface area contributed by atoms with Crippen LogP contribution in [0.1, 0.15) is 13.8 Å². The van der Waals surface area contributed by atoms with E-state index in [1.807, 2.05) is 42.7 Å².